The molecule has 0 saturated carbocycles. The first kappa shape index (κ1) is 31.0. The van der Waals surface area contributed by atoms with E-state index in [0.717, 1.165) is 11.8 Å². The minimum atomic E-state index is -4.87. The van der Waals surface area contributed by atoms with Crippen LogP contribution in [0.2, 0.25) is 0 Å². The second kappa shape index (κ2) is 13.1. The predicted octanol–water partition coefficient (Wildman–Crippen LogP) is 7.05. The number of carbonyl (C=O) groups is 1. The van der Waals surface area contributed by atoms with Crippen molar-refractivity contribution in [2.75, 3.05) is 0 Å². The van der Waals surface area contributed by atoms with E-state index in [-0.39, 0.29) is 17.7 Å². The summed E-state index contributed by atoms with van der Waals surface area (Å²) in [5.74, 6) is -4.90. The number of hydrogen-bond acceptors (Lipinski definition) is 5. The monoisotopic (exact) mass is 554 g/mol. The summed E-state index contributed by atoms with van der Waals surface area (Å²) in [4.78, 5) is 18.4. The number of aromatic nitrogens is 1. The zero-order chi connectivity index (χ0) is 29.5. The molecule has 0 radical (unpaired) electrons. The maximum absolute atomic E-state index is 13.4. The number of carboxylic acids is 1. The summed E-state index contributed by atoms with van der Waals surface area (Å²) in [6.45, 7) is 8.90. The molecule has 1 atom stereocenters. The van der Waals surface area contributed by atoms with Crippen LogP contribution in [0.1, 0.15) is 47.8 Å². The molecule has 3 aromatic rings. The van der Waals surface area contributed by atoms with E-state index in [0.29, 0.717) is 29.5 Å². The van der Waals surface area contributed by atoms with Crippen molar-refractivity contribution in [2.24, 2.45) is 4.99 Å². The van der Waals surface area contributed by atoms with E-state index in [9.17, 15) is 36.2 Å². The van der Waals surface area contributed by atoms with Crippen molar-refractivity contribution in [1.82, 2.24) is 4.98 Å². The van der Waals surface area contributed by atoms with Crippen molar-refractivity contribution in [3.8, 4) is 11.6 Å². The van der Waals surface area contributed by atoms with Crippen LogP contribution in [0, 0.1) is 24.4 Å². The lowest BCUT2D eigenvalue weighted by Crippen LogP contribution is -2.14. The van der Waals surface area contributed by atoms with Gasteiger partial charge in [-0.1, -0.05) is 19.6 Å². The van der Waals surface area contributed by atoms with Crippen molar-refractivity contribution in [2.45, 2.75) is 39.5 Å². The number of alkyl halides is 3. The normalized spacial score (nSPS) is 12.1. The lowest BCUT2D eigenvalue weighted by atomic mass is 10.1. The van der Waals surface area contributed by atoms with E-state index < -0.39 is 52.7 Å². The van der Waals surface area contributed by atoms with Crippen molar-refractivity contribution in [3.63, 3.8) is 0 Å². The summed E-state index contributed by atoms with van der Waals surface area (Å²) in [6, 6.07) is 6.44. The molecule has 12 heteroatoms. The molecule has 0 aliphatic carbocycles. The number of aryl methyl sites for hydroxylation is 1. The average Bonchev–Trinajstić information content (AvgIpc) is 2.84. The number of nitrogens with zero attached hydrogens (tertiary/aromatic N) is 2. The van der Waals surface area contributed by atoms with Gasteiger partial charge in [-0.05, 0) is 44.0 Å². The molecule has 1 heterocycles. The summed E-state index contributed by atoms with van der Waals surface area (Å²) >= 11 is 0. The van der Waals surface area contributed by atoms with E-state index in [1.807, 2.05) is 0 Å². The van der Waals surface area contributed by atoms with Crippen LogP contribution in [0.5, 0.6) is 11.6 Å². The van der Waals surface area contributed by atoms with Gasteiger partial charge in [0.2, 0.25) is 5.88 Å². The van der Waals surface area contributed by atoms with Gasteiger partial charge in [-0.15, -0.1) is 0 Å². The number of carboxylic acid groups (broad SMARTS) is 1. The number of halogens is 6. The standard InChI is InChI=1S/C19H17F3N2O4.C8H7F3/c1-4-23-11(3)14-8-13(6-5-10(14)2)28-17-15(19(20,21)22)7-12(9-24-17)16(25)18(26)27;1-2-6-7(10)3-5(9)4-8(6)11/h4-9,16,25H,3H2,1-2H3,(H,26,27);3-4H,2H2,1H3. The van der Waals surface area contributed by atoms with Crippen LogP contribution >= 0.6 is 0 Å². The van der Waals surface area contributed by atoms with Crippen molar-refractivity contribution in [3.05, 3.63) is 94.4 Å². The van der Waals surface area contributed by atoms with Crippen molar-refractivity contribution >= 4 is 17.9 Å². The first-order valence-electron chi connectivity index (χ1n) is 11.3. The highest BCUT2D eigenvalue weighted by Gasteiger charge is 2.37. The molecular formula is C27H24F6N2O4. The Morgan fingerprint density at radius 1 is 1.15 bits per heavy atom. The fourth-order valence-electron chi connectivity index (χ4n) is 3.27. The molecule has 6 nitrogen and oxygen atoms in total. The Morgan fingerprint density at radius 3 is 2.28 bits per heavy atom. The van der Waals surface area contributed by atoms with Gasteiger partial charge in [0.25, 0.3) is 0 Å². The predicted molar refractivity (Wildman–Crippen MR) is 132 cm³/mol. The van der Waals surface area contributed by atoms with Crippen LogP contribution < -0.4 is 4.74 Å². The summed E-state index contributed by atoms with van der Waals surface area (Å²) in [7, 11) is 0. The van der Waals surface area contributed by atoms with Crippen molar-refractivity contribution < 1.29 is 46.1 Å². The number of ether oxygens (including phenoxy) is 1. The SMILES string of the molecule is C=C(N=CC)c1cc(Oc2ncc(C(O)C(=O)O)cc2C(F)(F)F)ccc1C.CCc1c(F)cc(F)cc1F. The van der Waals surface area contributed by atoms with Crippen LogP contribution in [0.25, 0.3) is 5.70 Å². The molecule has 0 fully saturated rings. The maximum Gasteiger partial charge on any atom is 0.421 e. The largest absolute Gasteiger partial charge is 0.479 e. The maximum atomic E-state index is 13.4. The third-order valence-electron chi connectivity index (χ3n) is 5.21. The summed E-state index contributed by atoms with van der Waals surface area (Å²) in [6.07, 6.45) is -4.42. The highest BCUT2D eigenvalue weighted by atomic mass is 19.4. The number of pyridine rings is 1. The number of aliphatic imine (C=N–C) groups is 1. The molecule has 0 aliphatic rings. The fourth-order valence-corrected chi connectivity index (χ4v) is 3.27. The number of rotatable bonds is 7. The molecule has 2 aromatic carbocycles. The Labute approximate surface area is 219 Å². The fraction of sp³-hybridized carbons (Fsp3) is 0.222. The zero-order valence-corrected chi connectivity index (χ0v) is 21.0. The molecule has 39 heavy (non-hydrogen) atoms. The number of aliphatic hydroxyl groups is 1. The van der Waals surface area contributed by atoms with Crippen LogP contribution in [-0.4, -0.2) is 27.4 Å². The number of aliphatic carboxylic acids is 1. The first-order valence-corrected chi connectivity index (χ1v) is 11.3. The van der Waals surface area contributed by atoms with Crippen LogP contribution in [-0.2, 0) is 17.4 Å². The van der Waals surface area contributed by atoms with Gasteiger partial charge in [-0.2, -0.15) is 13.2 Å². The van der Waals surface area contributed by atoms with Gasteiger partial charge >= 0.3 is 12.1 Å². The molecule has 0 saturated heterocycles. The topological polar surface area (TPSA) is 92.0 Å². The summed E-state index contributed by atoms with van der Waals surface area (Å²) in [5, 5.41) is 18.3. The van der Waals surface area contributed by atoms with E-state index in [1.54, 1.807) is 26.8 Å². The minimum absolute atomic E-state index is 0.0635. The Bertz CT molecular complexity index is 1370. The van der Waals surface area contributed by atoms with Gasteiger partial charge in [0.05, 0.1) is 5.70 Å². The Kier molecular flexibility index (Phi) is 10.4. The third-order valence-corrected chi connectivity index (χ3v) is 5.21. The van der Waals surface area contributed by atoms with E-state index in [1.165, 1.54) is 18.3 Å². The van der Waals surface area contributed by atoms with E-state index in [2.05, 4.69) is 16.6 Å². The van der Waals surface area contributed by atoms with Crippen LogP contribution in [0.4, 0.5) is 26.3 Å². The molecule has 0 aliphatic heterocycles. The molecule has 3 rings (SSSR count). The smallest absolute Gasteiger partial charge is 0.421 e. The van der Waals surface area contributed by atoms with Crippen LogP contribution in [0.15, 0.2) is 54.2 Å². The summed E-state index contributed by atoms with van der Waals surface area (Å²) in [5.41, 5.74) is -0.0880. The Morgan fingerprint density at radius 2 is 1.77 bits per heavy atom. The van der Waals surface area contributed by atoms with Crippen LogP contribution in [0.3, 0.4) is 0 Å². The Hall–Kier alpha value is -4.19. The highest BCUT2D eigenvalue weighted by molar-refractivity contribution is 5.74. The van der Waals surface area contributed by atoms with Gasteiger partial charge < -0.3 is 14.9 Å². The lowest BCUT2D eigenvalue weighted by molar-refractivity contribution is -0.147. The zero-order valence-electron chi connectivity index (χ0n) is 21.0. The van der Waals surface area contributed by atoms with Gasteiger partial charge in [-0.25, -0.2) is 22.9 Å². The quantitative estimate of drug-likeness (QED) is 0.241. The Balaban J connectivity index is 0.000000404. The van der Waals surface area contributed by atoms with Gasteiger partial charge in [0, 0.05) is 41.2 Å². The molecule has 0 amide bonds. The number of benzene rings is 2. The molecule has 208 valence electrons. The molecular weight excluding hydrogens is 530 g/mol. The van der Waals surface area contributed by atoms with Crippen molar-refractivity contribution in [1.29, 1.82) is 0 Å². The second-order valence-electron chi connectivity index (χ2n) is 7.97. The molecule has 1 aromatic heterocycles. The molecule has 2 N–H and O–H groups in total. The number of hydrogen-bond donors (Lipinski definition) is 2. The van der Waals surface area contributed by atoms with Gasteiger partial charge in [-0.3, -0.25) is 4.99 Å². The molecule has 1 unspecified atom stereocenters. The van der Waals surface area contributed by atoms with E-state index >= 15 is 0 Å². The molecule has 0 bridgehead atoms. The summed E-state index contributed by atoms with van der Waals surface area (Å²) < 4.78 is 83.0. The average molecular weight is 554 g/mol. The highest BCUT2D eigenvalue weighted by Crippen LogP contribution is 2.38. The third kappa shape index (κ3) is 8.14. The second-order valence-corrected chi connectivity index (χ2v) is 7.97. The van der Waals surface area contributed by atoms with Gasteiger partial charge in [0.1, 0.15) is 28.8 Å². The van der Waals surface area contributed by atoms with Gasteiger partial charge in [0.15, 0.2) is 6.10 Å². The molecule has 0 spiro atoms. The lowest BCUT2D eigenvalue weighted by Gasteiger charge is -2.16. The number of aliphatic hydroxyl groups excluding tert-OH is 1. The minimum Gasteiger partial charge on any atom is -0.479 e. The first-order chi connectivity index (χ1) is 18.2. The van der Waals surface area contributed by atoms with E-state index in [4.69, 9.17) is 9.84 Å².